The van der Waals surface area contributed by atoms with Crippen molar-refractivity contribution in [2.75, 3.05) is 0 Å². The van der Waals surface area contributed by atoms with E-state index in [0.717, 1.165) is 12.8 Å². The number of hydrogen-bond acceptors (Lipinski definition) is 4. The van der Waals surface area contributed by atoms with Crippen molar-refractivity contribution in [3.05, 3.63) is 84.4 Å². The summed E-state index contributed by atoms with van der Waals surface area (Å²) in [6.07, 6.45) is 4.78. The van der Waals surface area contributed by atoms with Gasteiger partial charge in [0.2, 0.25) is 0 Å². The summed E-state index contributed by atoms with van der Waals surface area (Å²) in [4.78, 5) is 25.2. The Labute approximate surface area is 173 Å². The zero-order valence-corrected chi connectivity index (χ0v) is 17.3. The Kier molecular flexibility index (Phi) is 8.66. The molecular formula is C25H30O4. The van der Waals surface area contributed by atoms with E-state index >= 15 is 0 Å². The minimum Gasteiger partial charge on any atom is -0.458 e. The van der Waals surface area contributed by atoms with Gasteiger partial charge in [0.25, 0.3) is 0 Å². The minimum atomic E-state index is -0.742. The average molecular weight is 395 g/mol. The quantitative estimate of drug-likeness (QED) is 0.347. The highest BCUT2D eigenvalue weighted by Gasteiger charge is 2.33. The van der Waals surface area contributed by atoms with Gasteiger partial charge < -0.3 is 9.47 Å². The number of rotatable bonds is 11. The van der Waals surface area contributed by atoms with E-state index in [9.17, 15) is 9.59 Å². The molecule has 29 heavy (non-hydrogen) atoms. The lowest BCUT2D eigenvalue weighted by atomic mass is 9.90. The molecule has 4 heteroatoms. The molecule has 0 aliphatic rings. The van der Waals surface area contributed by atoms with Crippen LogP contribution >= 0.6 is 0 Å². The number of unbranched alkanes of at least 4 members (excludes halogenated alkanes) is 1. The highest BCUT2D eigenvalue weighted by atomic mass is 16.6. The van der Waals surface area contributed by atoms with Crippen molar-refractivity contribution in [3.63, 3.8) is 0 Å². The highest BCUT2D eigenvalue weighted by Crippen LogP contribution is 2.29. The van der Waals surface area contributed by atoms with Crippen molar-refractivity contribution in [2.45, 2.75) is 57.7 Å². The summed E-state index contributed by atoms with van der Waals surface area (Å²) in [7, 11) is 0. The number of ether oxygens (including phenoxy) is 2. The summed E-state index contributed by atoms with van der Waals surface area (Å²) in [5, 5.41) is 0. The van der Waals surface area contributed by atoms with E-state index in [1.165, 1.54) is 0 Å². The standard InChI is InChI=1S/C25H30O4/c1-4-6-18-25(3,29-24(27)21-16-11-8-12-17-21)19-22(13-5-2)28-23(26)20-14-9-7-10-15-20/h5,7-12,14-17,22H,2,4,6,13,18-19H2,1,3H3. The van der Waals surface area contributed by atoms with Gasteiger partial charge in [0.15, 0.2) is 0 Å². The zero-order chi connectivity index (χ0) is 21.1. The van der Waals surface area contributed by atoms with Gasteiger partial charge in [0.1, 0.15) is 11.7 Å². The number of benzene rings is 2. The van der Waals surface area contributed by atoms with E-state index in [-0.39, 0.29) is 11.9 Å². The van der Waals surface area contributed by atoms with Gasteiger partial charge in [-0.3, -0.25) is 0 Å². The van der Waals surface area contributed by atoms with Crippen LogP contribution < -0.4 is 0 Å². The molecule has 2 aromatic rings. The monoisotopic (exact) mass is 394 g/mol. The molecule has 0 saturated carbocycles. The van der Waals surface area contributed by atoms with Crippen LogP contribution in [0.3, 0.4) is 0 Å². The summed E-state index contributed by atoms with van der Waals surface area (Å²) >= 11 is 0. The third-order valence-electron chi connectivity index (χ3n) is 4.78. The maximum Gasteiger partial charge on any atom is 0.338 e. The zero-order valence-electron chi connectivity index (χ0n) is 17.3. The van der Waals surface area contributed by atoms with Gasteiger partial charge in [-0.15, -0.1) is 6.58 Å². The molecule has 2 aromatic carbocycles. The second kappa shape index (κ2) is 11.2. The van der Waals surface area contributed by atoms with Crippen LogP contribution in [0.5, 0.6) is 0 Å². The first kappa shape index (κ1) is 22.4. The number of carbonyl (C=O) groups is 2. The normalized spacial score (nSPS) is 13.7. The fourth-order valence-electron chi connectivity index (χ4n) is 3.24. The summed E-state index contributed by atoms with van der Waals surface area (Å²) in [6.45, 7) is 7.79. The second-order valence-corrected chi connectivity index (χ2v) is 7.43. The van der Waals surface area contributed by atoms with Crippen molar-refractivity contribution in [1.29, 1.82) is 0 Å². The molecule has 0 bridgehead atoms. The Morgan fingerprint density at radius 2 is 1.55 bits per heavy atom. The van der Waals surface area contributed by atoms with Crippen LogP contribution in [-0.4, -0.2) is 23.6 Å². The molecule has 0 amide bonds. The van der Waals surface area contributed by atoms with Crippen molar-refractivity contribution < 1.29 is 19.1 Å². The Balaban J connectivity index is 2.14. The molecule has 2 rings (SSSR count). The maximum absolute atomic E-state index is 12.7. The molecule has 0 N–H and O–H groups in total. The van der Waals surface area contributed by atoms with E-state index < -0.39 is 11.7 Å². The molecule has 2 unspecified atom stereocenters. The lowest BCUT2D eigenvalue weighted by molar-refractivity contribution is -0.0440. The molecule has 0 fully saturated rings. The molecule has 0 aliphatic heterocycles. The van der Waals surface area contributed by atoms with E-state index in [1.54, 1.807) is 42.5 Å². The van der Waals surface area contributed by atoms with Crippen LogP contribution in [-0.2, 0) is 9.47 Å². The molecular weight excluding hydrogens is 364 g/mol. The highest BCUT2D eigenvalue weighted by molar-refractivity contribution is 5.90. The van der Waals surface area contributed by atoms with E-state index in [4.69, 9.17) is 9.47 Å². The summed E-state index contributed by atoms with van der Waals surface area (Å²) in [5.74, 6) is -0.749. The first-order chi connectivity index (χ1) is 14.0. The van der Waals surface area contributed by atoms with Crippen LogP contribution in [0.2, 0.25) is 0 Å². The second-order valence-electron chi connectivity index (χ2n) is 7.43. The Morgan fingerprint density at radius 3 is 2.07 bits per heavy atom. The fourth-order valence-corrected chi connectivity index (χ4v) is 3.24. The van der Waals surface area contributed by atoms with Crippen LogP contribution in [0.25, 0.3) is 0 Å². The Bertz CT molecular complexity index is 785. The first-order valence-electron chi connectivity index (χ1n) is 10.1. The molecule has 0 aromatic heterocycles. The predicted octanol–water partition coefficient (Wildman–Crippen LogP) is 5.98. The maximum atomic E-state index is 12.7. The topological polar surface area (TPSA) is 52.6 Å². The molecule has 0 saturated heterocycles. The lowest BCUT2D eigenvalue weighted by Gasteiger charge is -2.33. The number of esters is 2. The minimum absolute atomic E-state index is 0.365. The summed E-state index contributed by atoms with van der Waals surface area (Å²) < 4.78 is 11.7. The molecule has 154 valence electrons. The van der Waals surface area contributed by atoms with Crippen molar-refractivity contribution in [3.8, 4) is 0 Å². The van der Waals surface area contributed by atoms with Gasteiger partial charge in [-0.2, -0.15) is 0 Å². The number of hydrogen-bond donors (Lipinski definition) is 0. The lowest BCUT2D eigenvalue weighted by Crippen LogP contribution is -2.37. The van der Waals surface area contributed by atoms with Gasteiger partial charge in [-0.25, -0.2) is 9.59 Å². The smallest absolute Gasteiger partial charge is 0.338 e. The van der Waals surface area contributed by atoms with E-state index in [1.807, 2.05) is 31.2 Å². The van der Waals surface area contributed by atoms with Crippen molar-refractivity contribution >= 4 is 11.9 Å². The van der Waals surface area contributed by atoms with Gasteiger partial charge >= 0.3 is 11.9 Å². The Hall–Kier alpha value is -2.88. The number of carbonyl (C=O) groups excluding carboxylic acids is 2. The van der Waals surface area contributed by atoms with E-state index in [2.05, 4.69) is 13.5 Å². The molecule has 0 radical (unpaired) electrons. The fraction of sp³-hybridized carbons (Fsp3) is 0.360. The largest absolute Gasteiger partial charge is 0.458 e. The van der Waals surface area contributed by atoms with Crippen LogP contribution in [0, 0.1) is 0 Å². The average Bonchev–Trinajstić information content (AvgIpc) is 2.73. The third kappa shape index (κ3) is 7.22. The molecule has 0 aliphatic carbocycles. The SMILES string of the molecule is C=CCC(CC(C)(CCCC)OC(=O)c1ccccc1)OC(=O)c1ccccc1. The predicted molar refractivity (Wildman–Crippen MR) is 115 cm³/mol. The van der Waals surface area contributed by atoms with Crippen LogP contribution in [0.15, 0.2) is 73.3 Å². The molecule has 0 heterocycles. The molecule has 2 atom stereocenters. The summed E-state index contributed by atoms with van der Waals surface area (Å²) in [6, 6.07) is 17.8. The van der Waals surface area contributed by atoms with Gasteiger partial charge in [-0.05, 0) is 44.0 Å². The van der Waals surface area contributed by atoms with Crippen LogP contribution in [0.4, 0.5) is 0 Å². The van der Waals surface area contributed by atoms with E-state index in [0.29, 0.717) is 30.4 Å². The van der Waals surface area contributed by atoms with Crippen LogP contribution in [0.1, 0.15) is 66.7 Å². The van der Waals surface area contributed by atoms with Crippen molar-refractivity contribution in [2.24, 2.45) is 0 Å². The van der Waals surface area contributed by atoms with Gasteiger partial charge in [0, 0.05) is 12.8 Å². The first-order valence-corrected chi connectivity index (χ1v) is 10.1. The molecule has 4 nitrogen and oxygen atoms in total. The molecule has 0 spiro atoms. The van der Waals surface area contributed by atoms with Gasteiger partial charge in [-0.1, -0.05) is 55.8 Å². The van der Waals surface area contributed by atoms with Crippen molar-refractivity contribution in [1.82, 2.24) is 0 Å². The third-order valence-corrected chi connectivity index (χ3v) is 4.78. The summed E-state index contributed by atoms with van der Waals surface area (Å²) in [5.41, 5.74) is 0.267. The Morgan fingerprint density at radius 1 is 1.00 bits per heavy atom. The van der Waals surface area contributed by atoms with Gasteiger partial charge in [0.05, 0.1) is 11.1 Å².